The summed E-state index contributed by atoms with van der Waals surface area (Å²) >= 11 is 0. The van der Waals surface area contributed by atoms with Crippen LogP contribution in [-0.4, -0.2) is 19.7 Å². The van der Waals surface area contributed by atoms with Gasteiger partial charge in [-0.25, -0.2) is 0 Å². The third kappa shape index (κ3) is 2.53. The second-order valence-electron chi connectivity index (χ2n) is 5.24. The minimum Gasteiger partial charge on any atom is -0.259 e. The van der Waals surface area contributed by atoms with Gasteiger partial charge in [0.15, 0.2) is 0 Å². The Hall–Kier alpha value is -1.17. The topological polar surface area (TPSA) is 30.0 Å². The van der Waals surface area contributed by atoms with Crippen LogP contribution in [0.5, 0.6) is 0 Å². The normalized spacial score (nSPS) is 29.9. The molecule has 1 saturated heterocycles. The molecule has 2 nitrogen and oxygen atoms in total. The Labute approximate surface area is 117 Å². The molecule has 1 fully saturated rings. The van der Waals surface area contributed by atoms with Gasteiger partial charge in [0.25, 0.3) is 0 Å². The van der Waals surface area contributed by atoms with E-state index in [0.29, 0.717) is 12.0 Å². The Kier molecular flexibility index (Phi) is 3.44. The van der Waals surface area contributed by atoms with E-state index < -0.39 is 22.7 Å². The lowest BCUT2D eigenvalue weighted by Gasteiger charge is -2.32. The molecule has 0 aliphatic carbocycles. The minimum absolute atomic E-state index is 0.00000189. The van der Waals surface area contributed by atoms with Crippen LogP contribution in [0.15, 0.2) is 24.4 Å². The molecule has 0 spiro atoms. The molecule has 0 radical (unpaired) electrons. The highest BCUT2D eigenvalue weighted by Gasteiger charge is 2.35. The maximum Gasteiger partial charge on any atom is 0.433 e. The van der Waals surface area contributed by atoms with Gasteiger partial charge in [0, 0.05) is 22.2 Å². The van der Waals surface area contributed by atoms with Gasteiger partial charge in [0.2, 0.25) is 0 Å². The van der Waals surface area contributed by atoms with Crippen molar-refractivity contribution >= 4 is 16.4 Å². The van der Waals surface area contributed by atoms with Gasteiger partial charge >= 0.3 is 6.18 Å². The van der Waals surface area contributed by atoms with Crippen LogP contribution >= 0.6 is 0 Å². The molecule has 0 saturated carbocycles. The maximum absolute atomic E-state index is 12.7. The fourth-order valence-electron chi connectivity index (χ4n) is 2.90. The van der Waals surface area contributed by atoms with Crippen LogP contribution in [0.25, 0.3) is 5.57 Å². The van der Waals surface area contributed by atoms with Crippen LogP contribution in [0, 0.1) is 0 Å². The summed E-state index contributed by atoms with van der Waals surface area (Å²) in [5, 5.41) is 0.0938. The number of fused-ring (bicyclic) bond motifs is 2. The van der Waals surface area contributed by atoms with E-state index >= 15 is 0 Å². The van der Waals surface area contributed by atoms with E-state index in [9.17, 15) is 17.4 Å². The van der Waals surface area contributed by atoms with E-state index in [0.717, 1.165) is 30.9 Å². The molecule has 0 amide bonds. The van der Waals surface area contributed by atoms with Crippen molar-refractivity contribution < 1.29 is 17.4 Å². The highest BCUT2D eigenvalue weighted by Crippen LogP contribution is 2.38. The largest absolute Gasteiger partial charge is 0.433 e. The number of alkyl halides is 3. The maximum atomic E-state index is 12.7. The zero-order valence-corrected chi connectivity index (χ0v) is 11.5. The monoisotopic (exact) mass is 301 g/mol. The molecule has 1 aromatic heterocycles. The summed E-state index contributed by atoms with van der Waals surface area (Å²) in [5.74, 6) is 0. The number of pyridine rings is 1. The standard InChI is InChI=1S/C14H14F3NOS/c15-14(16,17)13-8-9(4-5-18-13)10-6-11-2-1-3-12(7-10)20(11)19/h4-6,8,11-12H,1-3,7H2. The van der Waals surface area contributed by atoms with Gasteiger partial charge in [-0.05, 0) is 42.5 Å². The van der Waals surface area contributed by atoms with Crippen molar-refractivity contribution in [3.63, 3.8) is 0 Å². The number of nitrogens with zero attached hydrogens (tertiary/aromatic N) is 1. The third-order valence-corrected chi connectivity index (χ3v) is 5.93. The summed E-state index contributed by atoms with van der Waals surface area (Å²) in [6.45, 7) is 0. The summed E-state index contributed by atoms with van der Waals surface area (Å²) in [5.41, 5.74) is 0.570. The van der Waals surface area contributed by atoms with Crippen molar-refractivity contribution in [2.45, 2.75) is 42.4 Å². The molecule has 3 unspecified atom stereocenters. The molecule has 0 N–H and O–H groups in total. The number of hydrogen-bond acceptors (Lipinski definition) is 2. The van der Waals surface area contributed by atoms with Gasteiger partial charge in [-0.3, -0.25) is 9.19 Å². The van der Waals surface area contributed by atoms with Gasteiger partial charge in [0.05, 0.1) is 5.25 Å². The number of aromatic nitrogens is 1. The van der Waals surface area contributed by atoms with Gasteiger partial charge in [0.1, 0.15) is 5.69 Å². The lowest BCUT2D eigenvalue weighted by atomic mass is 9.93. The Morgan fingerprint density at radius 1 is 1.30 bits per heavy atom. The molecule has 20 heavy (non-hydrogen) atoms. The summed E-state index contributed by atoms with van der Waals surface area (Å²) in [7, 11) is -0.867. The summed E-state index contributed by atoms with van der Waals surface area (Å²) in [4.78, 5) is 3.38. The van der Waals surface area contributed by atoms with Crippen molar-refractivity contribution in [3.05, 3.63) is 35.7 Å². The molecule has 2 bridgehead atoms. The lowest BCUT2D eigenvalue weighted by Crippen LogP contribution is -2.33. The average molecular weight is 301 g/mol. The molecule has 3 rings (SSSR count). The molecular weight excluding hydrogens is 287 g/mol. The second kappa shape index (κ2) is 4.98. The summed E-state index contributed by atoms with van der Waals surface area (Å²) < 4.78 is 50.2. The molecule has 1 aromatic rings. The molecule has 2 aliphatic rings. The van der Waals surface area contributed by atoms with Crippen LogP contribution in [0.3, 0.4) is 0 Å². The van der Waals surface area contributed by atoms with E-state index in [1.807, 2.05) is 6.08 Å². The van der Waals surface area contributed by atoms with Crippen molar-refractivity contribution in [1.82, 2.24) is 4.98 Å². The first-order valence-corrected chi connectivity index (χ1v) is 7.86. The Morgan fingerprint density at radius 2 is 2.10 bits per heavy atom. The van der Waals surface area contributed by atoms with Crippen LogP contribution < -0.4 is 0 Å². The fourth-order valence-corrected chi connectivity index (χ4v) is 4.83. The molecule has 3 heterocycles. The predicted octanol–water partition coefficient (Wildman–Crippen LogP) is 3.56. The SMILES string of the molecule is O=S1C2C=C(c3ccnc(C(F)(F)F)c3)CC1CCC2. The van der Waals surface area contributed by atoms with Crippen molar-refractivity contribution in [2.75, 3.05) is 0 Å². The average Bonchev–Trinajstić information content (AvgIpc) is 2.37. The predicted molar refractivity (Wildman–Crippen MR) is 71.4 cm³/mol. The highest BCUT2D eigenvalue weighted by molar-refractivity contribution is 7.86. The first kappa shape index (κ1) is 13.8. The van der Waals surface area contributed by atoms with Gasteiger partial charge in [-0.15, -0.1) is 0 Å². The molecule has 2 aliphatic heterocycles. The molecular formula is C14H14F3NOS. The summed E-state index contributed by atoms with van der Waals surface area (Å²) in [6, 6.07) is 2.70. The quantitative estimate of drug-likeness (QED) is 0.794. The van der Waals surface area contributed by atoms with Crippen LogP contribution in [0.2, 0.25) is 0 Å². The minimum atomic E-state index is -4.43. The molecule has 3 atom stereocenters. The smallest absolute Gasteiger partial charge is 0.259 e. The number of halogens is 3. The summed E-state index contributed by atoms with van der Waals surface area (Å²) in [6.07, 6.45) is 2.09. The van der Waals surface area contributed by atoms with Crippen molar-refractivity contribution in [2.24, 2.45) is 0 Å². The van der Waals surface area contributed by atoms with Gasteiger partial charge in [-0.1, -0.05) is 12.5 Å². The molecule has 0 aromatic carbocycles. The van der Waals surface area contributed by atoms with Gasteiger partial charge < -0.3 is 0 Å². The van der Waals surface area contributed by atoms with Crippen molar-refractivity contribution in [3.8, 4) is 0 Å². The Morgan fingerprint density at radius 3 is 2.80 bits per heavy atom. The van der Waals surface area contributed by atoms with E-state index in [1.165, 1.54) is 6.20 Å². The second-order valence-corrected chi connectivity index (χ2v) is 7.17. The first-order chi connectivity index (χ1) is 9.45. The number of rotatable bonds is 1. The van der Waals surface area contributed by atoms with E-state index in [4.69, 9.17) is 0 Å². The number of allylic oxidation sites excluding steroid dienone is 1. The van der Waals surface area contributed by atoms with Gasteiger partial charge in [-0.2, -0.15) is 13.2 Å². The van der Waals surface area contributed by atoms with E-state index in [-0.39, 0.29) is 10.5 Å². The van der Waals surface area contributed by atoms with Crippen LogP contribution in [0.4, 0.5) is 13.2 Å². The zero-order valence-electron chi connectivity index (χ0n) is 10.7. The van der Waals surface area contributed by atoms with E-state index in [2.05, 4.69) is 4.98 Å². The van der Waals surface area contributed by atoms with E-state index in [1.54, 1.807) is 6.07 Å². The molecule has 108 valence electrons. The van der Waals surface area contributed by atoms with Crippen molar-refractivity contribution in [1.29, 1.82) is 0 Å². The zero-order chi connectivity index (χ0) is 14.3. The molecule has 6 heteroatoms. The Bertz CT molecular complexity index is 582. The highest BCUT2D eigenvalue weighted by atomic mass is 32.2. The van der Waals surface area contributed by atoms with Crippen LogP contribution in [0.1, 0.15) is 36.9 Å². The lowest BCUT2D eigenvalue weighted by molar-refractivity contribution is -0.141. The number of hydrogen-bond donors (Lipinski definition) is 0. The van der Waals surface area contributed by atoms with Crippen LogP contribution in [-0.2, 0) is 17.0 Å². The fraction of sp³-hybridized carbons (Fsp3) is 0.500. The Balaban J connectivity index is 1.96. The first-order valence-electron chi connectivity index (χ1n) is 6.59. The third-order valence-electron chi connectivity index (χ3n) is 3.90.